The van der Waals surface area contributed by atoms with E-state index in [0.717, 1.165) is 16.9 Å². The average Bonchev–Trinajstić information content (AvgIpc) is 2.42. The Morgan fingerprint density at radius 3 is 2.58 bits per heavy atom. The van der Waals surface area contributed by atoms with Crippen molar-refractivity contribution in [2.75, 3.05) is 12.8 Å². The van der Waals surface area contributed by atoms with Crippen molar-refractivity contribution < 1.29 is 9.53 Å². The largest absolute Gasteiger partial charge is 0.496 e. The third kappa shape index (κ3) is 3.31. The van der Waals surface area contributed by atoms with Crippen LogP contribution in [0.25, 0.3) is 0 Å². The molecule has 0 aliphatic heterocycles. The summed E-state index contributed by atoms with van der Waals surface area (Å²) in [5.74, 6) is 1.23. The second-order valence-corrected chi connectivity index (χ2v) is 4.25. The van der Waals surface area contributed by atoms with Crippen LogP contribution in [0.1, 0.15) is 11.1 Å². The van der Waals surface area contributed by atoms with E-state index in [-0.39, 0.29) is 12.2 Å². The molecule has 0 aliphatic rings. The maximum absolute atomic E-state index is 12.1. The van der Waals surface area contributed by atoms with Gasteiger partial charge in [-0.1, -0.05) is 24.3 Å². The first-order valence-electron chi connectivity index (χ1n) is 6.03. The Morgan fingerprint density at radius 1 is 1.16 bits per heavy atom. The van der Waals surface area contributed by atoms with Crippen LogP contribution in [-0.2, 0) is 17.6 Å². The number of hydrogen-bond donors (Lipinski definition) is 1. The van der Waals surface area contributed by atoms with E-state index in [4.69, 9.17) is 10.5 Å². The molecule has 2 aromatic rings. The van der Waals surface area contributed by atoms with Gasteiger partial charge in [0.25, 0.3) is 0 Å². The second-order valence-electron chi connectivity index (χ2n) is 4.25. The highest BCUT2D eigenvalue weighted by Crippen LogP contribution is 2.19. The van der Waals surface area contributed by atoms with Gasteiger partial charge in [0.05, 0.1) is 7.11 Å². The summed E-state index contributed by atoms with van der Waals surface area (Å²) in [4.78, 5) is 16.0. The quantitative estimate of drug-likeness (QED) is 0.889. The number of rotatable bonds is 5. The van der Waals surface area contributed by atoms with E-state index < -0.39 is 0 Å². The normalized spacial score (nSPS) is 10.2. The number of nitrogen functional groups attached to an aromatic ring is 1. The third-order valence-corrected chi connectivity index (χ3v) is 2.89. The van der Waals surface area contributed by atoms with E-state index in [1.54, 1.807) is 19.4 Å². The SMILES string of the molecule is COc1ccccc1CC(=O)Cc1cccnc1N. The van der Waals surface area contributed by atoms with Crippen molar-refractivity contribution in [3.63, 3.8) is 0 Å². The summed E-state index contributed by atoms with van der Waals surface area (Å²) in [6, 6.07) is 11.1. The van der Waals surface area contributed by atoms with Gasteiger partial charge in [-0.25, -0.2) is 4.98 Å². The van der Waals surface area contributed by atoms with E-state index in [2.05, 4.69) is 4.98 Å². The van der Waals surface area contributed by atoms with Crippen LogP contribution in [0, 0.1) is 0 Å². The molecule has 0 bridgehead atoms. The third-order valence-electron chi connectivity index (χ3n) is 2.89. The highest BCUT2D eigenvalue weighted by Gasteiger charge is 2.10. The minimum absolute atomic E-state index is 0.0872. The molecule has 0 spiro atoms. The van der Waals surface area contributed by atoms with Gasteiger partial charge in [-0.2, -0.15) is 0 Å². The number of ketones is 1. The number of Topliss-reactive ketones (excluding diaryl/α,β-unsaturated/α-hetero) is 1. The molecule has 4 heteroatoms. The summed E-state index contributed by atoms with van der Waals surface area (Å²) in [5, 5.41) is 0. The molecule has 0 atom stereocenters. The average molecular weight is 256 g/mol. The lowest BCUT2D eigenvalue weighted by Crippen LogP contribution is -2.09. The molecule has 4 nitrogen and oxygen atoms in total. The maximum Gasteiger partial charge on any atom is 0.141 e. The van der Waals surface area contributed by atoms with E-state index >= 15 is 0 Å². The molecule has 0 amide bonds. The van der Waals surface area contributed by atoms with Gasteiger partial charge in [0, 0.05) is 30.2 Å². The van der Waals surface area contributed by atoms with Crippen LogP contribution in [-0.4, -0.2) is 17.9 Å². The number of nitrogens with zero attached hydrogens (tertiary/aromatic N) is 1. The Morgan fingerprint density at radius 2 is 1.84 bits per heavy atom. The standard InChI is InChI=1S/C15H16N2O2/c1-19-14-7-3-2-5-11(14)9-13(18)10-12-6-4-8-17-15(12)16/h2-8H,9-10H2,1H3,(H2,16,17). The summed E-state index contributed by atoms with van der Waals surface area (Å²) in [5.41, 5.74) is 7.38. The van der Waals surface area contributed by atoms with Crippen molar-refractivity contribution >= 4 is 11.6 Å². The Labute approximate surface area is 112 Å². The van der Waals surface area contributed by atoms with Crippen molar-refractivity contribution in [1.29, 1.82) is 0 Å². The van der Waals surface area contributed by atoms with Crippen LogP contribution in [0.5, 0.6) is 5.75 Å². The van der Waals surface area contributed by atoms with Gasteiger partial charge in [-0.3, -0.25) is 4.79 Å². The molecule has 0 aliphatic carbocycles. The van der Waals surface area contributed by atoms with Crippen LogP contribution < -0.4 is 10.5 Å². The molecule has 1 aromatic heterocycles. The number of ether oxygens (including phenoxy) is 1. The lowest BCUT2D eigenvalue weighted by atomic mass is 10.0. The monoisotopic (exact) mass is 256 g/mol. The zero-order valence-corrected chi connectivity index (χ0v) is 10.8. The lowest BCUT2D eigenvalue weighted by Gasteiger charge is -2.08. The van der Waals surface area contributed by atoms with Crippen molar-refractivity contribution in [2.45, 2.75) is 12.8 Å². The number of aromatic nitrogens is 1. The van der Waals surface area contributed by atoms with Crippen molar-refractivity contribution in [3.8, 4) is 5.75 Å². The first-order chi connectivity index (χ1) is 9.20. The highest BCUT2D eigenvalue weighted by molar-refractivity contribution is 5.84. The minimum Gasteiger partial charge on any atom is -0.496 e. The molecular weight excluding hydrogens is 240 g/mol. The number of carbonyl (C=O) groups excluding carboxylic acids is 1. The summed E-state index contributed by atoms with van der Waals surface area (Å²) >= 11 is 0. The van der Waals surface area contributed by atoms with Gasteiger partial charge >= 0.3 is 0 Å². The molecule has 0 unspecified atom stereocenters. The minimum atomic E-state index is 0.0872. The molecule has 0 saturated heterocycles. The summed E-state index contributed by atoms with van der Waals surface area (Å²) in [7, 11) is 1.60. The molecule has 98 valence electrons. The van der Waals surface area contributed by atoms with E-state index in [0.29, 0.717) is 12.2 Å². The van der Waals surface area contributed by atoms with Crippen LogP contribution >= 0.6 is 0 Å². The molecule has 0 saturated carbocycles. The molecule has 1 heterocycles. The van der Waals surface area contributed by atoms with Crippen molar-refractivity contribution in [3.05, 3.63) is 53.7 Å². The van der Waals surface area contributed by atoms with Gasteiger partial charge in [-0.15, -0.1) is 0 Å². The number of anilines is 1. The second kappa shape index (κ2) is 6.00. The van der Waals surface area contributed by atoms with E-state index in [1.807, 2.05) is 30.3 Å². The Kier molecular flexibility index (Phi) is 4.13. The molecule has 1 aromatic carbocycles. The maximum atomic E-state index is 12.1. The fraction of sp³-hybridized carbons (Fsp3) is 0.200. The first kappa shape index (κ1) is 13.1. The van der Waals surface area contributed by atoms with Crippen LogP contribution in [0.3, 0.4) is 0 Å². The first-order valence-corrected chi connectivity index (χ1v) is 6.03. The smallest absolute Gasteiger partial charge is 0.141 e. The number of para-hydroxylation sites is 1. The lowest BCUT2D eigenvalue weighted by molar-refractivity contribution is -0.117. The number of benzene rings is 1. The Hall–Kier alpha value is -2.36. The molecule has 2 N–H and O–H groups in total. The zero-order chi connectivity index (χ0) is 13.7. The molecule has 0 fully saturated rings. The number of hydrogen-bond acceptors (Lipinski definition) is 4. The molecule has 0 radical (unpaired) electrons. The van der Waals surface area contributed by atoms with Crippen LogP contribution in [0.2, 0.25) is 0 Å². The number of carbonyl (C=O) groups is 1. The molecular formula is C15H16N2O2. The predicted molar refractivity (Wildman–Crippen MR) is 74.1 cm³/mol. The fourth-order valence-corrected chi connectivity index (χ4v) is 1.94. The number of pyridine rings is 1. The van der Waals surface area contributed by atoms with Gasteiger partial charge in [0.15, 0.2) is 0 Å². The number of nitrogens with two attached hydrogens (primary N) is 1. The molecule has 2 rings (SSSR count). The summed E-state index contributed by atoms with van der Waals surface area (Å²) < 4.78 is 5.23. The van der Waals surface area contributed by atoms with Gasteiger partial charge in [0.2, 0.25) is 0 Å². The Balaban J connectivity index is 2.08. The van der Waals surface area contributed by atoms with E-state index in [1.165, 1.54) is 0 Å². The van der Waals surface area contributed by atoms with Gasteiger partial charge < -0.3 is 10.5 Å². The van der Waals surface area contributed by atoms with Crippen molar-refractivity contribution in [2.24, 2.45) is 0 Å². The van der Waals surface area contributed by atoms with Gasteiger partial charge in [0.1, 0.15) is 17.4 Å². The highest BCUT2D eigenvalue weighted by atomic mass is 16.5. The fourth-order valence-electron chi connectivity index (χ4n) is 1.94. The van der Waals surface area contributed by atoms with Crippen LogP contribution in [0.15, 0.2) is 42.6 Å². The summed E-state index contributed by atoms with van der Waals surface area (Å²) in [6.07, 6.45) is 2.24. The summed E-state index contributed by atoms with van der Waals surface area (Å²) in [6.45, 7) is 0. The Bertz CT molecular complexity index is 582. The predicted octanol–water partition coefficient (Wildman–Crippen LogP) is 2.03. The molecule has 19 heavy (non-hydrogen) atoms. The zero-order valence-electron chi connectivity index (χ0n) is 10.8. The topological polar surface area (TPSA) is 65.2 Å². The van der Waals surface area contributed by atoms with Crippen LogP contribution in [0.4, 0.5) is 5.82 Å². The van der Waals surface area contributed by atoms with E-state index in [9.17, 15) is 4.79 Å². The number of methoxy groups -OCH3 is 1. The van der Waals surface area contributed by atoms with Crippen molar-refractivity contribution in [1.82, 2.24) is 4.98 Å². The van der Waals surface area contributed by atoms with Gasteiger partial charge in [-0.05, 0) is 12.1 Å².